The minimum atomic E-state index is -4.34. The fourth-order valence-electron chi connectivity index (χ4n) is 9.21. The van der Waals surface area contributed by atoms with Crippen LogP contribution in [0.4, 0.5) is 0 Å². The normalized spacial score (nSPS) is 14.4. The van der Waals surface area contributed by atoms with Crippen LogP contribution < -0.4 is 5.32 Å². The molecule has 0 aliphatic heterocycles. The van der Waals surface area contributed by atoms with Crippen molar-refractivity contribution in [3.63, 3.8) is 0 Å². The fraction of sp³-hybridized carbons (Fsp3) is 0.776. The maximum absolute atomic E-state index is 13.0. The van der Waals surface area contributed by atoms with E-state index in [0.29, 0.717) is 23.9 Å². The molecule has 9 heteroatoms. The van der Waals surface area contributed by atoms with Crippen molar-refractivity contribution in [2.24, 2.45) is 0 Å². The minimum Gasteiger partial charge on any atom is -0.391 e. The van der Waals surface area contributed by atoms with Gasteiger partial charge in [0.05, 0.1) is 39.9 Å². The van der Waals surface area contributed by atoms with Gasteiger partial charge in [0.1, 0.15) is 13.2 Å². The standard InChI is InChI=1S/C67H123N2O6P/c1-6-8-10-12-14-16-18-20-22-24-26-28-30-32-33-34-35-37-39-41-43-45-47-49-51-53-55-57-59-61-67(71)68-65(64-75-76(72,73)74-63-62-69(3,4)5)66(70)60-58-56-54-52-50-48-46-44-42-40-38-36-31-29-27-25-23-21-19-17-15-13-11-9-7-2/h8,10,14,16,20,22,26,28,32-33,35,37,41,43,65-66,70H,6-7,9,11-13,15,17-19,21,23-25,27,29-31,34,36,38-40,42,44-64H2,1-5H3,(H-,68,71,72,73)/p+1/b10-8-,16-14-,22-20-,28-26-,33-32-,37-35-,43-41-. The van der Waals surface area contributed by atoms with E-state index >= 15 is 0 Å². The smallest absolute Gasteiger partial charge is 0.391 e. The highest BCUT2D eigenvalue weighted by atomic mass is 31.2. The van der Waals surface area contributed by atoms with Gasteiger partial charge in [-0.1, -0.05) is 292 Å². The second-order valence-electron chi connectivity index (χ2n) is 22.8. The molecule has 0 fully saturated rings. The van der Waals surface area contributed by atoms with Gasteiger partial charge in [-0.05, 0) is 70.6 Å². The predicted octanol–water partition coefficient (Wildman–Crippen LogP) is 20.0. The summed E-state index contributed by atoms with van der Waals surface area (Å²) in [7, 11) is 1.60. The Bertz CT molecular complexity index is 1510. The Balaban J connectivity index is 4.17. The number of allylic oxidation sites excluding steroid dienone is 14. The van der Waals surface area contributed by atoms with E-state index in [1.165, 1.54) is 167 Å². The molecule has 3 unspecified atom stereocenters. The zero-order valence-corrected chi connectivity index (χ0v) is 51.4. The molecule has 0 spiro atoms. The van der Waals surface area contributed by atoms with E-state index in [1.54, 1.807) is 0 Å². The number of unbranched alkanes of at least 4 members (excludes halogenated alkanes) is 31. The van der Waals surface area contributed by atoms with Gasteiger partial charge < -0.3 is 19.8 Å². The number of amides is 1. The quantitative estimate of drug-likeness (QED) is 0.0243. The molecule has 0 aromatic heterocycles. The van der Waals surface area contributed by atoms with Crippen LogP contribution in [0.2, 0.25) is 0 Å². The van der Waals surface area contributed by atoms with Gasteiger partial charge in [-0.3, -0.25) is 13.8 Å². The van der Waals surface area contributed by atoms with Crippen molar-refractivity contribution in [1.29, 1.82) is 0 Å². The van der Waals surface area contributed by atoms with Crippen molar-refractivity contribution in [3.05, 3.63) is 85.1 Å². The van der Waals surface area contributed by atoms with E-state index in [1.807, 2.05) is 21.1 Å². The van der Waals surface area contributed by atoms with E-state index in [0.717, 1.165) is 89.9 Å². The van der Waals surface area contributed by atoms with Crippen molar-refractivity contribution in [2.75, 3.05) is 40.9 Å². The zero-order chi connectivity index (χ0) is 55.6. The first-order valence-electron chi connectivity index (χ1n) is 32.0. The molecule has 0 saturated heterocycles. The summed E-state index contributed by atoms with van der Waals surface area (Å²) in [6.07, 6.45) is 80.8. The van der Waals surface area contributed by atoms with Gasteiger partial charge in [-0.2, -0.15) is 0 Å². The molecule has 8 nitrogen and oxygen atoms in total. The van der Waals surface area contributed by atoms with Gasteiger partial charge in [0.25, 0.3) is 0 Å². The van der Waals surface area contributed by atoms with Crippen LogP contribution in [0.5, 0.6) is 0 Å². The summed E-state index contributed by atoms with van der Waals surface area (Å²) >= 11 is 0. The third-order valence-electron chi connectivity index (χ3n) is 14.2. The number of likely N-dealkylation sites (N-methyl/N-ethyl adjacent to an activating group) is 1. The lowest BCUT2D eigenvalue weighted by molar-refractivity contribution is -0.870. The summed E-state index contributed by atoms with van der Waals surface area (Å²) in [4.78, 5) is 23.4. The van der Waals surface area contributed by atoms with E-state index in [9.17, 15) is 19.4 Å². The monoisotopic (exact) mass is 1080 g/mol. The predicted molar refractivity (Wildman–Crippen MR) is 332 cm³/mol. The number of rotatable bonds is 58. The van der Waals surface area contributed by atoms with Crippen LogP contribution in [0.1, 0.15) is 284 Å². The number of nitrogens with zero attached hydrogens (tertiary/aromatic N) is 1. The fourth-order valence-corrected chi connectivity index (χ4v) is 9.94. The molecule has 0 aliphatic carbocycles. The van der Waals surface area contributed by atoms with Crippen LogP contribution in [0.3, 0.4) is 0 Å². The largest absolute Gasteiger partial charge is 0.472 e. The molecule has 0 aromatic rings. The van der Waals surface area contributed by atoms with Crippen LogP contribution in [0, 0.1) is 0 Å². The van der Waals surface area contributed by atoms with Crippen molar-refractivity contribution in [3.8, 4) is 0 Å². The zero-order valence-electron chi connectivity index (χ0n) is 50.5. The molecule has 442 valence electrons. The van der Waals surface area contributed by atoms with Gasteiger partial charge in [-0.15, -0.1) is 0 Å². The molecule has 76 heavy (non-hydrogen) atoms. The Morgan fingerprint density at radius 1 is 0.461 bits per heavy atom. The maximum atomic E-state index is 13.0. The van der Waals surface area contributed by atoms with Crippen molar-refractivity contribution >= 4 is 13.7 Å². The summed E-state index contributed by atoms with van der Waals surface area (Å²) < 4.78 is 23.8. The summed E-state index contributed by atoms with van der Waals surface area (Å²) in [5, 5.41) is 14.1. The van der Waals surface area contributed by atoms with Crippen molar-refractivity contribution in [2.45, 2.75) is 296 Å². The highest BCUT2D eigenvalue weighted by Gasteiger charge is 2.28. The molecule has 0 bridgehead atoms. The highest BCUT2D eigenvalue weighted by molar-refractivity contribution is 7.47. The lowest BCUT2D eigenvalue weighted by Crippen LogP contribution is -2.46. The van der Waals surface area contributed by atoms with Gasteiger partial charge in [0.15, 0.2) is 0 Å². The summed E-state index contributed by atoms with van der Waals surface area (Å²) in [5.41, 5.74) is 0. The SMILES string of the molecule is CC/C=C\C/C=C\C/C=C\C/C=C\C/C=C\C/C=C\C/C=C\CCCCCCCCCC(=O)NC(COP(=O)(O)OCC[N+](C)(C)C)C(O)CCCCCCCCCCCCCCCCCCCCCCCCCCC. The van der Waals surface area contributed by atoms with Crippen molar-refractivity contribution < 1.29 is 32.9 Å². The second-order valence-corrected chi connectivity index (χ2v) is 24.2. The first-order chi connectivity index (χ1) is 37.0. The van der Waals surface area contributed by atoms with Crippen LogP contribution in [0.15, 0.2) is 85.1 Å². The Morgan fingerprint density at radius 2 is 0.789 bits per heavy atom. The molecule has 1 amide bonds. The Kier molecular flexibility index (Phi) is 55.6. The van der Waals surface area contributed by atoms with E-state index in [-0.39, 0.29) is 19.1 Å². The Morgan fingerprint density at radius 3 is 1.16 bits per heavy atom. The first-order valence-corrected chi connectivity index (χ1v) is 33.4. The first kappa shape index (κ1) is 73.7. The molecule has 3 N–H and O–H groups in total. The van der Waals surface area contributed by atoms with Crippen LogP contribution in [-0.2, 0) is 18.4 Å². The number of carbonyl (C=O) groups is 1. The number of aliphatic hydroxyl groups excluding tert-OH is 1. The van der Waals surface area contributed by atoms with Gasteiger partial charge in [0.2, 0.25) is 5.91 Å². The van der Waals surface area contributed by atoms with E-state index in [2.05, 4.69) is 104 Å². The molecule has 3 atom stereocenters. The number of aliphatic hydroxyl groups is 1. The van der Waals surface area contributed by atoms with Crippen LogP contribution in [0.25, 0.3) is 0 Å². The Hall–Kier alpha value is -2.32. The minimum absolute atomic E-state index is 0.0686. The topological polar surface area (TPSA) is 105 Å². The number of hydrogen-bond donors (Lipinski definition) is 3. The number of hydrogen-bond acceptors (Lipinski definition) is 5. The molecule has 0 heterocycles. The number of nitrogens with one attached hydrogen (secondary N) is 1. The molecule has 0 radical (unpaired) electrons. The number of carbonyl (C=O) groups excluding carboxylic acids is 1. The number of phosphoric acid groups is 1. The maximum Gasteiger partial charge on any atom is 0.472 e. The summed E-state index contributed by atoms with van der Waals surface area (Å²) in [6.45, 7) is 4.79. The molecule has 0 aliphatic rings. The van der Waals surface area contributed by atoms with Crippen molar-refractivity contribution in [1.82, 2.24) is 5.32 Å². The van der Waals surface area contributed by atoms with Gasteiger partial charge in [-0.25, -0.2) is 4.57 Å². The van der Waals surface area contributed by atoms with Crippen LogP contribution in [-0.4, -0.2) is 73.4 Å². The van der Waals surface area contributed by atoms with Crippen LogP contribution >= 0.6 is 7.82 Å². The molecular weight excluding hydrogens is 960 g/mol. The second kappa shape index (κ2) is 57.4. The van der Waals surface area contributed by atoms with E-state index < -0.39 is 20.0 Å². The lowest BCUT2D eigenvalue weighted by atomic mass is 10.0. The highest BCUT2D eigenvalue weighted by Crippen LogP contribution is 2.43. The average molecular weight is 1080 g/mol. The van der Waals surface area contributed by atoms with E-state index in [4.69, 9.17) is 9.05 Å². The Labute approximate surface area is 471 Å². The number of quaternary nitrogens is 1. The molecular formula is C67H124N2O6P+. The number of phosphoric ester groups is 1. The van der Waals surface area contributed by atoms with Gasteiger partial charge >= 0.3 is 7.82 Å². The average Bonchev–Trinajstić information content (AvgIpc) is 3.38. The third kappa shape index (κ3) is 59.3. The summed E-state index contributed by atoms with van der Waals surface area (Å²) in [5.74, 6) is -0.156. The summed E-state index contributed by atoms with van der Waals surface area (Å²) in [6, 6.07) is -0.774. The lowest BCUT2D eigenvalue weighted by Gasteiger charge is -2.26. The molecule has 0 rings (SSSR count). The molecule has 0 aromatic carbocycles. The van der Waals surface area contributed by atoms with Gasteiger partial charge in [0, 0.05) is 6.42 Å². The molecule has 0 saturated carbocycles. The third-order valence-corrected chi connectivity index (χ3v) is 15.1.